The molecule has 2 aliphatic rings. The third kappa shape index (κ3) is 3.45. The maximum atomic E-state index is 12.6. The fourth-order valence-electron chi connectivity index (χ4n) is 3.97. The molecule has 0 radical (unpaired) electrons. The molecule has 4 rings (SSSR count). The molecule has 8 nitrogen and oxygen atoms in total. The lowest BCUT2D eigenvalue weighted by atomic mass is 10.1. The number of hydrogen-bond acceptors (Lipinski definition) is 5. The Morgan fingerprint density at radius 3 is 3.04 bits per heavy atom. The number of rotatable bonds is 4. The van der Waals surface area contributed by atoms with Crippen LogP contribution in [-0.4, -0.2) is 43.9 Å². The van der Waals surface area contributed by atoms with Crippen molar-refractivity contribution < 1.29 is 9.32 Å². The standard InChI is InChI=1S/C18H26N6O2/c1-13-12-14(22-26-13)15-6-5-11-23(15)18(25)19-9-8-17-21-20-16-7-3-2-4-10-24(16)17/h12,15H,2-11H2,1H3,(H,19,25). The van der Waals surface area contributed by atoms with Crippen LogP contribution < -0.4 is 5.32 Å². The molecule has 0 aliphatic carbocycles. The zero-order valence-corrected chi connectivity index (χ0v) is 15.3. The van der Waals surface area contributed by atoms with E-state index in [-0.39, 0.29) is 12.1 Å². The summed E-state index contributed by atoms with van der Waals surface area (Å²) in [7, 11) is 0. The lowest BCUT2D eigenvalue weighted by molar-refractivity contribution is 0.191. The summed E-state index contributed by atoms with van der Waals surface area (Å²) in [6.45, 7) is 4.18. The molecule has 2 aliphatic heterocycles. The molecule has 1 saturated heterocycles. The highest BCUT2D eigenvalue weighted by Crippen LogP contribution is 2.31. The van der Waals surface area contributed by atoms with Gasteiger partial charge >= 0.3 is 6.03 Å². The van der Waals surface area contributed by atoms with Crippen molar-refractivity contribution in [3.8, 4) is 0 Å². The Labute approximate surface area is 152 Å². The Kier molecular flexibility index (Phi) is 4.90. The summed E-state index contributed by atoms with van der Waals surface area (Å²) < 4.78 is 7.40. The summed E-state index contributed by atoms with van der Waals surface area (Å²) in [5.74, 6) is 2.84. The van der Waals surface area contributed by atoms with E-state index in [0.29, 0.717) is 13.0 Å². The molecular weight excluding hydrogens is 332 g/mol. The van der Waals surface area contributed by atoms with Gasteiger partial charge in [-0.25, -0.2) is 4.79 Å². The first-order valence-corrected chi connectivity index (χ1v) is 9.61. The highest BCUT2D eigenvalue weighted by molar-refractivity contribution is 5.75. The van der Waals surface area contributed by atoms with Crippen LogP contribution >= 0.6 is 0 Å². The van der Waals surface area contributed by atoms with E-state index in [1.165, 1.54) is 19.3 Å². The van der Waals surface area contributed by atoms with Gasteiger partial charge in [0.15, 0.2) is 0 Å². The number of amides is 2. The number of hydrogen-bond donors (Lipinski definition) is 1. The fraction of sp³-hybridized carbons (Fsp3) is 0.667. The first kappa shape index (κ1) is 17.1. The molecule has 140 valence electrons. The van der Waals surface area contributed by atoms with Crippen molar-refractivity contribution >= 4 is 6.03 Å². The number of fused-ring (bicyclic) bond motifs is 1. The van der Waals surface area contributed by atoms with E-state index >= 15 is 0 Å². The molecule has 2 amide bonds. The van der Waals surface area contributed by atoms with Crippen LogP contribution in [-0.2, 0) is 19.4 Å². The summed E-state index contributed by atoms with van der Waals surface area (Å²) >= 11 is 0. The average molecular weight is 358 g/mol. The van der Waals surface area contributed by atoms with Gasteiger partial charge in [-0.3, -0.25) is 0 Å². The van der Waals surface area contributed by atoms with Gasteiger partial charge in [0, 0.05) is 38.5 Å². The van der Waals surface area contributed by atoms with Gasteiger partial charge in [0.25, 0.3) is 0 Å². The normalized spacial score (nSPS) is 20.0. The van der Waals surface area contributed by atoms with Crippen LogP contribution in [0, 0.1) is 6.92 Å². The molecule has 26 heavy (non-hydrogen) atoms. The average Bonchev–Trinajstić information content (AvgIpc) is 3.32. The molecule has 1 atom stereocenters. The number of nitrogens with one attached hydrogen (secondary N) is 1. The Balaban J connectivity index is 1.33. The molecular formula is C18H26N6O2. The minimum Gasteiger partial charge on any atom is -0.361 e. The molecule has 0 bridgehead atoms. The molecule has 2 aromatic rings. The maximum absolute atomic E-state index is 12.6. The van der Waals surface area contributed by atoms with Gasteiger partial charge in [0.05, 0.1) is 6.04 Å². The number of carbonyl (C=O) groups is 1. The van der Waals surface area contributed by atoms with Crippen molar-refractivity contribution in [2.75, 3.05) is 13.1 Å². The zero-order valence-electron chi connectivity index (χ0n) is 15.3. The lowest BCUT2D eigenvalue weighted by Gasteiger charge is -2.23. The van der Waals surface area contributed by atoms with E-state index in [2.05, 4.69) is 25.2 Å². The van der Waals surface area contributed by atoms with E-state index in [4.69, 9.17) is 4.52 Å². The predicted octanol–water partition coefficient (Wildman–Crippen LogP) is 2.39. The van der Waals surface area contributed by atoms with Crippen LogP contribution in [0.2, 0.25) is 0 Å². The highest BCUT2D eigenvalue weighted by atomic mass is 16.5. The van der Waals surface area contributed by atoms with Crippen molar-refractivity contribution in [2.24, 2.45) is 0 Å². The van der Waals surface area contributed by atoms with Crippen LogP contribution in [0.4, 0.5) is 4.79 Å². The van der Waals surface area contributed by atoms with Crippen molar-refractivity contribution in [2.45, 2.75) is 64.5 Å². The topological polar surface area (TPSA) is 89.1 Å². The first-order chi connectivity index (χ1) is 12.7. The van der Waals surface area contributed by atoms with Crippen molar-refractivity contribution in [3.63, 3.8) is 0 Å². The van der Waals surface area contributed by atoms with Crippen LogP contribution in [0.3, 0.4) is 0 Å². The van der Waals surface area contributed by atoms with Gasteiger partial charge in [-0.05, 0) is 32.6 Å². The smallest absolute Gasteiger partial charge is 0.317 e. The van der Waals surface area contributed by atoms with Crippen LogP contribution in [0.1, 0.15) is 61.2 Å². The molecule has 0 saturated carbocycles. The molecule has 2 aromatic heterocycles. The van der Waals surface area contributed by atoms with E-state index in [1.54, 1.807) is 0 Å². The Morgan fingerprint density at radius 2 is 2.19 bits per heavy atom. The van der Waals surface area contributed by atoms with Crippen LogP contribution in [0.5, 0.6) is 0 Å². The molecule has 4 heterocycles. The van der Waals surface area contributed by atoms with E-state index in [1.807, 2.05) is 17.9 Å². The van der Waals surface area contributed by atoms with Gasteiger partial charge in [-0.2, -0.15) is 0 Å². The van der Waals surface area contributed by atoms with E-state index in [9.17, 15) is 4.79 Å². The lowest BCUT2D eigenvalue weighted by Crippen LogP contribution is -2.40. The summed E-state index contributed by atoms with van der Waals surface area (Å²) in [5.41, 5.74) is 0.845. The molecule has 8 heteroatoms. The Bertz CT molecular complexity index is 768. The molecule has 1 unspecified atom stereocenters. The van der Waals surface area contributed by atoms with E-state index < -0.39 is 0 Å². The monoisotopic (exact) mass is 358 g/mol. The first-order valence-electron chi connectivity index (χ1n) is 9.61. The molecule has 0 spiro atoms. The SMILES string of the molecule is Cc1cc(C2CCCN2C(=O)NCCc2nnc3n2CCCCC3)no1. The predicted molar refractivity (Wildman–Crippen MR) is 94.6 cm³/mol. The number of aryl methyl sites for hydroxylation is 2. The molecule has 1 N–H and O–H groups in total. The minimum absolute atomic E-state index is 0.0109. The Morgan fingerprint density at radius 1 is 1.27 bits per heavy atom. The number of urea groups is 1. The number of nitrogens with zero attached hydrogens (tertiary/aromatic N) is 5. The van der Waals surface area contributed by atoms with Gasteiger partial charge in [0.1, 0.15) is 23.1 Å². The third-order valence-corrected chi connectivity index (χ3v) is 5.31. The second kappa shape index (κ2) is 7.47. The molecule has 0 aromatic carbocycles. The minimum atomic E-state index is -0.0382. The third-order valence-electron chi connectivity index (χ3n) is 5.31. The van der Waals surface area contributed by atoms with Crippen molar-refractivity contribution in [1.29, 1.82) is 0 Å². The van der Waals surface area contributed by atoms with Gasteiger partial charge in [-0.1, -0.05) is 11.6 Å². The van der Waals surface area contributed by atoms with Gasteiger partial charge in [0.2, 0.25) is 0 Å². The quantitative estimate of drug-likeness (QED) is 0.906. The summed E-state index contributed by atoms with van der Waals surface area (Å²) in [5, 5.41) is 15.8. The Hall–Kier alpha value is -2.38. The van der Waals surface area contributed by atoms with Crippen LogP contribution in [0.15, 0.2) is 10.6 Å². The van der Waals surface area contributed by atoms with Gasteiger partial charge < -0.3 is 19.3 Å². The summed E-state index contributed by atoms with van der Waals surface area (Å²) in [4.78, 5) is 14.5. The summed E-state index contributed by atoms with van der Waals surface area (Å²) in [6.07, 6.45) is 7.24. The second-order valence-electron chi connectivity index (χ2n) is 7.19. The fourth-order valence-corrected chi connectivity index (χ4v) is 3.97. The maximum Gasteiger partial charge on any atom is 0.317 e. The number of carbonyl (C=O) groups excluding carboxylic acids is 1. The van der Waals surface area contributed by atoms with Crippen molar-refractivity contribution in [1.82, 2.24) is 30.1 Å². The highest BCUT2D eigenvalue weighted by Gasteiger charge is 2.32. The van der Waals surface area contributed by atoms with Crippen LogP contribution in [0.25, 0.3) is 0 Å². The molecule has 1 fully saturated rings. The van der Waals surface area contributed by atoms with Gasteiger partial charge in [-0.15, -0.1) is 10.2 Å². The van der Waals surface area contributed by atoms with Crippen molar-refractivity contribution in [3.05, 3.63) is 29.2 Å². The summed E-state index contributed by atoms with van der Waals surface area (Å²) in [6, 6.07) is 1.89. The second-order valence-corrected chi connectivity index (χ2v) is 7.19. The largest absolute Gasteiger partial charge is 0.361 e. The number of likely N-dealkylation sites (tertiary alicyclic amines) is 1. The number of aromatic nitrogens is 4. The van der Waals surface area contributed by atoms with E-state index in [0.717, 1.165) is 55.5 Å². The zero-order chi connectivity index (χ0) is 17.9.